The van der Waals surface area contributed by atoms with Crippen LogP contribution in [0.3, 0.4) is 0 Å². The first kappa shape index (κ1) is 34.7. The van der Waals surface area contributed by atoms with Crippen LogP contribution in [0.1, 0.15) is 177 Å². The zero-order valence-corrected chi connectivity index (χ0v) is 27.0. The molecule has 2 heteroatoms. The molecule has 0 unspecified atom stereocenters. The summed E-state index contributed by atoms with van der Waals surface area (Å²) in [5.74, 6) is -2.52. The molecule has 0 heterocycles. The van der Waals surface area contributed by atoms with Crippen LogP contribution < -0.4 is 0 Å². The Labute approximate surface area is 223 Å². The second-order valence-electron chi connectivity index (χ2n) is 11.9. The number of halogens is 1. The summed E-state index contributed by atoms with van der Waals surface area (Å²) < 4.78 is 0. The minimum absolute atomic E-state index is 0.366. The van der Waals surface area contributed by atoms with E-state index in [2.05, 4.69) is 55.4 Å². The molecule has 0 aliphatic rings. The fourth-order valence-corrected chi connectivity index (χ4v) is 17.8. The Morgan fingerprint density at radius 1 is 0.441 bits per heavy atom. The Hall–Kier alpha value is 0.720. The van der Waals surface area contributed by atoms with E-state index < -0.39 is 5.96 Å². The SMILES string of the molecule is CCCCC(CC)(CCCC)C(CCCC)(CCCC)P(Cl)(CCCC)(CCCC)CCCC. The van der Waals surface area contributed by atoms with E-state index >= 15 is 0 Å². The van der Waals surface area contributed by atoms with Gasteiger partial charge < -0.3 is 0 Å². The van der Waals surface area contributed by atoms with E-state index in [-0.39, 0.29) is 0 Å². The third kappa shape index (κ3) is 8.37. The van der Waals surface area contributed by atoms with Crippen molar-refractivity contribution in [2.45, 2.75) is 183 Å². The molecule has 34 heavy (non-hydrogen) atoms. The first-order valence-corrected chi connectivity index (χ1v) is 19.7. The Morgan fingerprint density at radius 3 is 1.00 bits per heavy atom. The Bertz CT molecular complexity index is 445. The second kappa shape index (κ2) is 18.1. The summed E-state index contributed by atoms with van der Waals surface area (Å²) in [6.07, 6.45) is 29.8. The molecule has 0 fully saturated rings. The zero-order chi connectivity index (χ0) is 26.0. The fraction of sp³-hybridized carbons (Fsp3) is 1.00. The van der Waals surface area contributed by atoms with E-state index in [9.17, 15) is 0 Å². The molecule has 0 aromatic carbocycles. The van der Waals surface area contributed by atoms with Crippen LogP contribution in [-0.2, 0) is 0 Å². The van der Waals surface area contributed by atoms with E-state index in [0.29, 0.717) is 10.6 Å². The van der Waals surface area contributed by atoms with E-state index in [4.69, 9.17) is 11.2 Å². The monoisotopic (exact) mass is 518 g/mol. The molecule has 0 bridgehead atoms. The average molecular weight is 519 g/mol. The molecule has 0 aromatic heterocycles. The Kier molecular flexibility index (Phi) is 18.4. The van der Waals surface area contributed by atoms with Crippen LogP contribution in [0.25, 0.3) is 0 Å². The summed E-state index contributed by atoms with van der Waals surface area (Å²) in [5.41, 5.74) is 0.429. The summed E-state index contributed by atoms with van der Waals surface area (Å²) in [7, 11) is 0. The van der Waals surface area contributed by atoms with Gasteiger partial charge in [-0.1, -0.05) is 0 Å². The van der Waals surface area contributed by atoms with Crippen molar-refractivity contribution in [3.63, 3.8) is 0 Å². The van der Waals surface area contributed by atoms with Crippen LogP contribution in [0.4, 0.5) is 0 Å². The quantitative estimate of drug-likeness (QED) is 0.111. The summed E-state index contributed by atoms with van der Waals surface area (Å²) in [6, 6.07) is 0. The van der Waals surface area contributed by atoms with Crippen molar-refractivity contribution in [2.24, 2.45) is 5.41 Å². The third-order valence-corrected chi connectivity index (χ3v) is 19.3. The van der Waals surface area contributed by atoms with Gasteiger partial charge in [0.15, 0.2) is 0 Å². The van der Waals surface area contributed by atoms with Crippen molar-refractivity contribution < 1.29 is 0 Å². The molecule has 0 radical (unpaired) electrons. The van der Waals surface area contributed by atoms with Gasteiger partial charge in [-0.15, -0.1) is 0 Å². The van der Waals surface area contributed by atoms with Crippen LogP contribution in [0, 0.1) is 5.41 Å². The van der Waals surface area contributed by atoms with Gasteiger partial charge in [0.05, 0.1) is 0 Å². The molecule has 0 aliphatic carbocycles. The molecular formula is C32H68ClP. The summed E-state index contributed by atoms with van der Waals surface area (Å²) in [6.45, 7) is 19.4. The number of hydrogen-bond acceptors (Lipinski definition) is 0. The maximum atomic E-state index is 8.78. The summed E-state index contributed by atoms with van der Waals surface area (Å²) in [4.78, 5) is 0. The molecule has 0 aromatic rings. The van der Waals surface area contributed by atoms with Crippen LogP contribution in [-0.4, -0.2) is 23.6 Å². The molecule has 0 saturated carbocycles. The molecule has 0 spiro atoms. The maximum absolute atomic E-state index is 8.78. The van der Waals surface area contributed by atoms with Gasteiger partial charge >= 0.3 is 224 Å². The Balaban J connectivity index is 7.43. The van der Waals surface area contributed by atoms with Gasteiger partial charge in [0.25, 0.3) is 0 Å². The van der Waals surface area contributed by atoms with Gasteiger partial charge in [-0.05, 0) is 0 Å². The van der Waals surface area contributed by atoms with Gasteiger partial charge in [0.1, 0.15) is 0 Å². The van der Waals surface area contributed by atoms with Gasteiger partial charge in [0, 0.05) is 0 Å². The number of hydrogen-bond donors (Lipinski definition) is 0. The molecule has 0 saturated heterocycles. The third-order valence-electron chi connectivity index (χ3n) is 9.71. The molecule has 0 nitrogen and oxygen atoms in total. The van der Waals surface area contributed by atoms with Crippen molar-refractivity contribution in [3.8, 4) is 0 Å². The predicted octanol–water partition coefficient (Wildman–Crippen LogP) is 13.0. The molecular weight excluding hydrogens is 451 g/mol. The van der Waals surface area contributed by atoms with Crippen LogP contribution >= 0.6 is 17.2 Å². The average Bonchev–Trinajstić information content (AvgIpc) is 2.86. The van der Waals surface area contributed by atoms with Crippen molar-refractivity contribution >= 4 is 17.2 Å². The molecule has 0 N–H and O–H groups in total. The van der Waals surface area contributed by atoms with Gasteiger partial charge in [0.2, 0.25) is 0 Å². The summed E-state index contributed by atoms with van der Waals surface area (Å²) >= 11 is 8.78. The Morgan fingerprint density at radius 2 is 0.735 bits per heavy atom. The second-order valence-corrected chi connectivity index (χ2v) is 19.9. The van der Waals surface area contributed by atoms with Gasteiger partial charge in [-0.3, -0.25) is 0 Å². The fourth-order valence-electron chi connectivity index (χ4n) is 7.59. The zero-order valence-electron chi connectivity index (χ0n) is 25.4. The molecule has 0 rings (SSSR count). The van der Waals surface area contributed by atoms with Crippen molar-refractivity contribution in [1.29, 1.82) is 0 Å². The van der Waals surface area contributed by atoms with Crippen molar-refractivity contribution in [2.75, 3.05) is 18.5 Å². The predicted molar refractivity (Wildman–Crippen MR) is 166 cm³/mol. The van der Waals surface area contributed by atoms with E-state index in [0.717, 1.165) is 0 Å². The van der Waals surface area contributed by atoms with E-state index in [1.165, 1.54) is 140 Å². The topological polar surface area (TPSA) is 0 Å². The standard InChI is InChI=1S/C32H68ClP/c1-9-17-24-31(16-8,25-18-10-2)32(26-19-11-3,27-20-12-4)34(33,28-21-13-5,29-22-14-6)30-23-15-7/h9-30H2,1-8H3. The number of unbranched alkanes of at least 4 members (excludes halogenated alkanes) is 7. The van der Waals surface area contributed by atoms with Gasteiger partial charge in [-0.25, -0.2) is 0 Å². The van der Waals surface area contributed by atoms with E-state index in [1.807, 2.05) is 0 Å². The van der Waals surface area contributed by atoms with Crippen molar-refractivity contribution in [3.05, 3.63) is 0 Å². The summed E-state index contributed by atoms with van der Waals surface area (Å²) in [5, 5.41) is 0.366. The first-order chi connectivity index (χ1) is 16.3. The van der Waals surface area contributed by atoms with Crippen molar-refractivity contribution in [1.82, 2.24) is 0 Å². The minimum atomic E-state index is -2.52. The molecule has 208 valence electrons. The van der Waals surface area contributed by atoms with Crippen LogP contribution in [0.5, 0.6) is 0 Å². The molecule has 0 atom stereocenters. The molecule has 0 amide bonds. The van der Waals surface area contributed by atoms with Crippen LogP contribution in [0.2, 0.25) is 0 Å². The van der Waals surface area contributed by atoms with E-state index in [1.54, 1.807) is 0 Å². The first-order valence-electron chi connectivity index (χ1n) is 16.0. The van der Waals surface area contributed by atoms with Crippen LogP contribution in [0.15, 0.2) is 0 Å². The number of rotatable bonds is 24. The van der Waals surface area contributed by atoms with Gasteiger partial charge in [-0.2, -0.15) is 0 Å². The normalized spacial score (nSPS) is 14.3. The molecule has 0 aliphatic heterocycles.